The molecule has 0 unspecified atom stereocenters. The molecule has 0 fully saturated rings. The maximum atomic E-state index is 12.2. The van der Waals surface area contributed by atoms with E-state index in [1.807, 2.05) is 25.1 Å². The van der Waals surface area contributed by atoms with Crippen molar-refractivity contribution in [3.05, 3.63) is 117 Å². The van der Waals surface area contributed by atoms with Gasteiger partial charge in [-0.25, -0.2) is 4.79 Å². The molecule has 0 radical (unpaired) electrons. The van der Waals surface area contributed by atoms with Crippen molar-refractivity contribution >= 4 is 11.0 Å². The van der Waals surface area contributed by atoms with Gasteiger partial charge in [0, 0.05) is 31.1 Å². The molecular weight excluding hydrogens is 358 g/mol. The fourth-order valence-corrected chi connectivity index (χ4v) is 3.71. The van der Waals surface area contributed by atoms with Gasteiger partial charge in [0.25, 0.3) is 0 Å². The first-order valence-electron chi connectivity index (χ1n) is 9.93. The Morgan fingerprint density at radius 2 is 1.28 bits per heavy atom. The molecule has 0 aliphatic rings. The van der Waals surface area contributed by atoms with E-state index < -0.39 is 0 Å². The molecule has 0 saturated carbocycles. The molecule has 4 rings (SSSR count). The molecule has 1 heterocycles. The maximum absolute atomic E-state index is 12.2. The normalized spacial score (nSPS) is 11.3. The van der Waals surface area contributed by atoms with Gasteiger partial charge in [-0.3, -0.25) is 4.90 Å². The number of aryl methyl sites for hydroxylation is 2. The minimum atomic E-state index is -0.296. The summed E-state index contributed by atoms with van der Waals surface area (Å²) in [6.45, 7) is 6.42. The lowest BCUT2D eigenvalue weighted by molar-refractivity contribution is 0.248. The largest absolute Gasteiger partial charge is 0.423 e. The first-order valence-corrected chi connectivity index (χ1v) is 9.93. The molecule has 146 valence electrons. The lowest BCUT2D eigenvalue weighted by Gasteiger charge is -2.23. The Labute approximate surface area is 171 Å². The van der Waals surface area contributed by atoms with Crippen LogP contribution in [0.3, 0.4) is 0 Å². The maximum Gasteiger partial charge on any atom is 0.336 e. The van der Waals surface area contributed by atoms with Crippen molar-refractivity contribution in [2.75, 3.05) is 0 Å². The number of hydrogen-bond acceptors (Lipinski definition) is 3. The van der Waals surface area contributed by atoms with Gasteiger partial charge in [-0.05, 0) is 53.8 Å². The zero-order valence-electron chi connectivity index (χ0n) is 16.9. The number of fused-ring (bicyclic) bond motifs is 1. The van der Waals surface area contributed by atoms with Crippen LogP contribution in [0.5, 0.6) is 0 Å². The lowest BCUT2D eigenvalue weighted by Crippen LogP contribution is -2.23. The molecule has 3 nitrogen and oxygen atoms in total. The fourth-order valence-electron chi connectivity index (χ4n) is 3.71. The van der Waals surface area contributed by atoms with E-state index in [1.165, 1.54) is 16.7 Å². The van der Waals surface area contributed by atoms with Crippen LogP contribution in [0, 0.1) is 13.8 Å². The minimum Gasteiger partial charge on any atom is -0.423 e. The quantitative estimate of drug-likeness (QED) is 0.406. The van der Waals surface area contributed by atoms with Crippen molar-refractivity contribution in [2.45, 2.75) is 33.5 Å². The molecule has 3 aromatic carbocycles. The van der Waals surface area contributed by atoms with Crippen LogP contribution in [0.4, 0.5) is 0 Å². The van der Waals surface area contributed by atoms with Gasteiger partial charge in [-0.2, -0.15) is 0 Å². The molecule has 1 aromatic heterocycles. The van der Waals surface area contributed by atoms with E-state index in [4.69, 9.17) is 4.42 Å². The number of nitrogens with zero attached hydrogens (tertiary/aromatic N) is 1. The van der Waals surface area contributed by atoms with Crippen LogP contribution in [0.2, 0.25) is 0 Å². The van der Waals surface area contributed by atoms with E-state index in [9.17, 15) is 4.79 Å². The summed E-state index contributed by atoms with van der Waals surface area (Å²) in [7, 11) is 0. The molecule has 0 saturated heterocycles. The predicted octanol–water partition coefficient (Wildman–Crippen LogP) is 5.61. The second kappa shape index (κ2) is 8.46. The highest BCUT2D eigenvalue weighted by molar-refractivity contribution is 5.81. The van der Waals surface area contributed by atoms with Crippen LogP contribution >= 0.6 is 0 Å². The second-order valence-electron chi connectivity index (χ2n) is 7.64. The molecule has 29 heavy (non-hydrogen) atoms. The van der Waals surface area contributed by atoms with Crippen LogP contribution in [0.1, 0.15) is 27.8 Å². The van der Waals surface area contributed by atoms with Gasteiger partial charge in [-0.1, -0.05) is 60.7 Å². The first-order chi connectivity index (χ1) is 14.1. The third kappa shape index (κ3) is 4.64. The van der Waals surface area contributed by atoms with Crippen LogP contribution in [0.15, 0.2) is 88.1 Å². The first kappa shape index (κ1) is 19.2. The van der Waals surface area contributed by atoms with Crippen molar-refractivity contribution in [3.8, 4) is 0 Å². The van der Waals surface area contributed by atoms with Gasteiger partial charge in [0.2, 0.25) is 0 Å². The van der Waals surface area contributed by atoms with Gasteiger partial charge in [0.1, 0.15) is 5.58 Å². The fraction of sp³-hybridized carbons (Fsp3) is 0.192. The topological polar surface area (TPSA) is 33.5 Å². The molecule has 0 atom stereocenters. The second-order valence-corrected chi connectivity index (χ2v) is 7.64. The summed E-state index contributed by atoms with van der Waals surface area (Å²) < 4.78 is 5.48. The minimum absolute atomic E-state index is 0.296. The van der Waals surface area contributed by atoms with Gasteiger partial charge >= 0.3 is 5.63 Å². The Morgan fingerprint density at radius 3 is 1.86 bits per heavy atom. The third-order valence-corrected chi connectivity index (χ3v) is 5.34. The van der Waals surface area contributed by atoms with Gasteiger partial charge < -0.3 is 4.42 Å². The lowest BCUT2D eigenvalue weighted by atomic mass is 10.0. The Morgan fingerprint density at radius 1 is 0.724 bits per heavy atom. The van der Waals surface area contributed by atoms with E-state index in [2.05, 4.69) is 66.4 Å². The van der Waals surface area contributed by atoms with E-state index in [0.29, 0.717) is 12.1 Å². The highest BCUT2D eigenvalue weighted by Crippen LogP contribution is 2.24. The molecular formula is C26H25NO2. The van der Waals surface area contributed by atoms with E-state index in [-0.39, 0.29) is 5.63 Å². The molecule has 3 heteroatoms. The summed E-state index contributed by atoms with van der Waals surface area (Å²) in [5, 5.41) is 1.01. The van der Waals surface area contributed by atoms with Crippen molar-refractivity contribution in [1.82, 2.24) is 4.90 Å². The molecule has 0 spiro atoms. The predicted molar refractivity (Wildman–Crippen MR) is 118 cm³/mol. The average molecular weight is 383 g/mol. The Kier molecular flexibility index (Phi) is 5.59. The van der Waals surface area contributed by atoms with Crippen molar-refractivity contribution in [2.24, 2.45) is 0 Å². The SMILES string of the molecule is Cc1cc2oc(=O)cc(CN(Cc3ccccc3)Cc3ccccc3)c2cc1C. The highest BCUT2D eigenvalue weighted by atomic mass is 16.4. The van der Waals surface area contributed by atoms with Gasteiger partial charge in [0.15, 0.2) is 0 Å². The average Bonchev–Trinajstić information content (AvgIpc) is 2.71. The number of hydrogen-bond donors (Lipinski definition) is 0. The van der Waals surface area contributed by atoms with Crippen molar-refractivity contribution in [3.63, 3.8) is 0 Å². The van der Waals surface area contributed by atoms with E-state index in [0.717, 1.165) is 29.6 Å². The summed E-state index contributed by atoms with van der Waals surface area (Å²) in [5.74, 6) is 0. The number of benzene rings is 3. The van der Waals surface area contributed by atoms with Crippen molar-refractivity contribution in [1.29, 1.82) is 0 Å². The standard InChI is InChI=1S/C26H25NO2/c1-19-13-24-23(15-26(28)29-25(24)14-20(19)2)18-27(16-21-9-5-3-6-10-21)17-22-11-7-4-8-12-22/h3-15H,16-18H2,1-2H3. The highest BCUT2D eigenvalue weighted by Gasteiger charge is 2.13. The molecule has 0 amide bonds. The monoisotopic (exact) mass is 383 g/mol. The summed E-state index contributed by atoms with van der Waals surface area (Å²) in [4.78, 5) is 14.6. The molecule has 4 aromatic rings. The Balaban J connectivity index is 1.71. The number of rotatable bonds is 6. The van der Waals surface area contributed by atoms with Gasteiger partial charge in [-0.15, -0.1) is 0 Å². The summed E-state index contributed by atoms with van der Waals surface area (Å²) in [6.07, 6.45) is 0. The molecule has 0 aliphatic heterocycles. The van der Waals surface area contributed by atoms with E-state index in [1.54, 1.807) is 6.07 Å². The Hall–Kier alpha value is -3.17. The smallest absolute Gasteiger partial charge is 0.336 e. The van der Waals surface area contributed by atoms with Crippen LogP contribution in [0.25, 0.3) is 11.0 Å². The molecule has 0 aliphatic carbocycles. The summed E-state index contributed by atoms with van der Waals surface area (Å²) in [5.41, 5.74) is 6.20. The zero-order valence-corrected chi connectivity index (χ0v) is 16.9. The summed E-state index contributed by atoms with van der Waals surface area (Å²) in [6, 6.07) is 26.6. The Bertz CT molecular complexity index is 1120. The van der Waals surface area contributed by atoms with Crippen LogP contribution < -0.4 is 5.63 Å². The van der Waals surface area contributed by atoms with E-state index >= 15 is 0 Å². The van der Waals surface area contributed by atoms with Gasteiger partial charge in [0.05, 0.1) is 0 Å². The molecule has 0 N–H and O–H groups in total. The molecule has 0 bridgehead atoms. The zero-order chi connectivity index (χ0) is 20.2. The van der Waals surface area contributed by atoms with Crippen LogP contribution in [-0.4, -0.2) is 4.90 Å². The van der Waals surface area contributed by atoms with Crippen LogP contribution in [-0.2, 0) is 19.6 Å². The third-order valence-electron chi connectivity index (χ3n) is 5.34. The summed E-state index contributed by atoms with van der Waals surface area (Å²) >= 11 is 0. The van der Waals surface area contributed by atoms with Crippen molar-refractivity contribution < 1.29 is 4.42 Å².